The number of amidine groups is 1. The molecule has 0 bridgehead atoms. The van der Waals surface area contributed by atoms with E-state index in [1.165, 1.54) is 5.56 Å². The number of nitrogens with zero attached hydrogens (tertiary/aromatic N) is 1. The summed E-state index contributed by atoms with van der Waals surface area (Å²) >= 11 is 6.42. The second-order valence-corrected chi connectivity index (χ2v) is 18.2. The monoisotopic (exact) mass is 502 g/mol. The molecule has 137 valence electrons. The van der Waals surface area contributed by atoms with Crippen LogP contribution in [0.3, 0.4) is 0 Å². The summed E-state index contributed by atoms with van der Waals surface area (Å²) in [5.41, 5.74) is 8.26. The van der Waals surface area contributed by atoms with E-state index in [9.17, 15) is 4.79 Å². The molecule has 0 amide bonds. The van der Waals surface area contributed by atoms with Crippen molar-refractivity contribution in [3.63, 3.8) is 0 Å². The van der Waals surface area contributed by atoms with E-state index >= 15 is 0 Å². The Morgan fingerprint density at radius 1 is 1.15 bits per heavy atom. The molecule has 0 aliphatic rings. The van der Waals surface area contributed by atoms with Crippen LogP contribution in [0.2, 0.25) is 0 Å². The molecule has 0 aliphatic heterocycles. The zero-order chi connectivity index (χ0) is 19.0. The van der Waals surface area contributed by atoms with Crippen molar-refractivity contribution in [2.24, 2.45) is 5.73 Å². The van der Waals surface area contributed by atoms with Crippen LogP contribution in [0.1, 0.15) is 25.3 Å². The molecule has 0 aromatic heterocycles. The van der Waals surface area contributed by atoms with Crippen LogP contribution in [0.25, 0.3) is 0 Å². The molecule has 0 saturated heterocycles. The summed E-state index contributed by atoms with van der Waals surface area (Å²) in [4.78, 5) is 17.4. The van der Waals surface area contributed by atoms with Gasteiger partial charge in [-0.05, 0) is 0 Å². The minimum absolute atomic E-state index is 0.291. The fraction of sp³-hybridized carbons (Fsp3) is 0.263. The third-order valence-corrected chi connectivity index (χ3v) is 10.6. The van der Waals surface area contributed by atoms with Gasteiger partial charge in [0, 0.05) is 0 Å². The summed E-state index contributed by atoms with van der Waals surface area (Å²) in [5.74, 6) is -0.291. The molecule has 0 saturated carbocycles. The van der Waals surface area contributed by atoms with Crippen LogP contribution in [0.15, 0.2) is 60.7 Å². The number of aryl methyl sites for hydroxylation is 1. The normalized spacial score (nSPS) is 14.3. The first-order valence-corrected chi connectivity index (χ1v) is 14.7. The van der Waals surface area contributed by atoms with Crippen LogP contribution in [-0.4, -0.2) is 54.0 Å². The first kappa shape index (κ1) is 21.2. The predicted molar refractivity (Wildman–Crippen MR) is 110 cm³/mol. The molecule has 0 atom stereocenters. The zero-order valence-electron chi connectivity index (χ0n) is 14.7. The van der Waals surface area contributed by atoms with Crippen LogP contribution in [0, 0.1) is 0 Å². The Bertz CT molecular complexity index is 753. The van der Waals surface area contributed by atoms with Gasteiger partial charge in [0.05, 0.1) is 0 Å². The summed E-state index contributed by atoms with van der Waals surface area (Å²) in [7, 11) is 0. The van der Waals surface area contributed by atoms with Crippen LogP contribution < -0.4 is 11.0 Å². The van der Waals surface area contributed by atoms with Crippen LogP contribution >= 0.6 is 4.64 Å². The Morgan fingerprint density at radius 2 is 1.73 bits per heavy atom. The summed E-state index contributed by atoms with van der Waals surface area (Å²) in [6.07, 6.45) is 2.03. The number of hydroxylamine groups is 1. The average Bonchev–Trinajstić information content (AvgIpc) is 2.68. The van der Waals surface area contributed by atoms with Crippen LogP contribution in [0.4, 0.5) is 0 Å². The number of benzene rings is 2. The quantitative estimate of drug-likeness (QED) is 0.115. The number of nitrogens with two attached hydrogens (primary N) is 1. The number of hydrogen-bond acceptors (Lipinski definition) is 2. The molecule has 1 radical (unpaired) electrons. The van der Waals surface area contributed by atoms with Crippen molar-refractivity contribution in [1.29, 1.82) is 0 Å². The summed E-state index contributed by atoms with van der Waals surface area (Å²) in [6, 6.07) is 20.2. The van der Waals surface area contributed by atoms with Gasteiger partial charge in [-0.2, -0.15) is 0 Å². The number of rotatable bonds is 8. The summed E-state index contributed by atoms with van der Waals surface area (Å²) < 4.78 is -0.470. The fourth-order valence-electron chi connectivity index (χ4n) is 2.37. The fourth-order valence-corrected chi connectivity index (χ4v) is 6.31. The molecule has 2 aromatic rings. The van der Waals surface area contributed by atoms with Crippen molar-refractivity contribution in [3.05, 3.63) is 66.2 Å². The molecule has 0 spiro atoms. The maximum absolute atomic E-state index is 11.9. The van der Waals surface area contributed by atoms with E-state index in [1.807, 2.05) is 48.5 Å². The van der Waals surface area contributed by atoms with Crippen LogP contribution in [-0.2, 0) is 16.1 Å². The minimum atomic E-state index is -2.03. The zero-order valence-corrected chi connectivity index (χ0v) is 19.0. The molecule has 0 fully saturated rings. The standard InChI is InChI=1S/C19H22N2O2PSe2/c1-2-18(22)23-21(15-9-12-16-10-5-3-6-11-16)19(20)24(25,26)17-13-7-4-8-14-17/h3-8,10-11,13-14,20H,2,9,12,15H2,1H3/p+1. The van der Waals surface area contributed by atoms with Gasteiger partial charge >= 0.3 is 172 Å². The van der Waals surface area contributed by atoms with Crippen molar-refractivity contribution in [3.8, 4) is 0 Å². The molecule has 2 rings (SSSR count). The number of hydrogen-bond donors (Lipinski definition) is 1. The first-order valence-electron chi connectivity index (χ1n) is 8.47. The van der Waals surface area contributed by atoms with Crippen molar-refractivity contribution in [2.45, 2.75) is 26.2 Å². The number of carbonyl (C=O) groups is 1. The van der Waals surface area contributed by atoms with Gasteiger partial charge in [0.1, 0.15) is 0 Å². The molecule has 0 heterocycles. The Balaban J connectivity index is 2.21. The Morgan fingerprint density at radius 3 is 2.31 bits per heavy atom. The molecular weight excluding hydrogens is 477 g/mol. The van der Waals surface area contributed by atoms with Gasteiger partial charge in [-0.25, -0.2) is 0 Å². The van der Waals surface area contributed by atoms with Gasteiger partial charge in [0.2, 0.25) is 0 Å². The molecule has 0 unspecified atom stereocenters. The van der Waals surface area contributed by atoms with Gasteiger partial charge in [-0.1, -0.05) is 0 Å². The Hall–Kier alpha value is -1.15. The molecule has 26 heavy (non-hydrogen) atoms. The van der Waals surface area contributed by atoms with Gasteiger partial charge in [0.15, 0.2) is 0 Å². The van der Waals surface area contributed by atoms with E-state index in [4.69, 9.17) is 10.6 Å². The molecular formula is C19H23N2O2PSe2+. The van der Waals surface area contributed by atoms with Crippen LogP contribution in [0.5, 0.6) is 0 Å². The number of carbonyl (C=O) groups excluding carboxylic acids is 1. The van der Waals surface area contributed by atoms with E-state index in [-0.39, 0.29) is 5.97 Å². The average molecular weight is 500 g/mol. The summed E-state index contributed by atoms with van der Waals surface area (Å²) in [5, 5.41) is 1.08. The first-order chi connectivity index (χ1) is 12.4. The van der Waals surface area contributed by atoms with E-state index in [0.29, 0.717) is 18.5 Å². The van der Waals surface area contributed by atoms with Crippen molar-refractivity contribution in [2.75, 3.05) is 6.54 Å². The molecule has 2 aromatic carbocycles. The van der Waals surface area contributed by atoms with Crippen molar-refractivity contribution >= 4 is 52.6 Å². The van der Waals surface area contributed by atoms with Crippen molar-refractivity contribution in [1.82, 2.24) is 0 Å². The second-order valence-electron chi connectivity index (χ2n) is 5.75. The van der Waals surface area contributed by atoms with Gasteiger partial charge in [-0.3, -0.25) is 0 Å². The van der Waals surface area contributed by atoms with Crippen molar-refractivity contribution < 1.29 is 14.4 Å². The Labute approximate surface area is 171 Å². The SMILES string of the molecule is CCC(=O)O[N+](CCCc1ccccc1)=C(N)[P+]([Se])([Se-])c1ccccc1. The van der Waals surface area contributed by atoms with Gasteiger partial charge < -0.3 is 0 Å². The molecule has 4 nitrogen and oxygen atoms in total. The van der Waals surface area contributed by atoms with Gasteiger partial charge in [0.25, 0.3) is 0 Å². The molecule has 2 N–H and O–H groups in total. The van der Waals surface area contributed by atoms with E-state index in [2.05, 4.69) is 43.3 Å². The van der Waals surface area contributed by atoms with E-state index < -0.39 is 4.64 Å². The third kappa shape index (κ3) is 5.94. The van der Waals surface area contributed by atoms with Gasteiger partial charge in [-0.15, -0.1) is 0 Å². The molecule has 0 aliphatic carbocycles. The predicted octanol–water partition coefficient (Wildman–Crippen LogP) is 2.32. The summed E-state index contributed by atoms with van der Waals surface area (Å²) in [6.45, 7) is 2.32. The van der Waals surface area contributed by atoms with E-state index in [0.717, 1.165) is 18.1 Å². The maximum atomic E-state index is 11.9. The van der Waals surface area contributed by atoms with E-state index in [1.54, 1.807) is 11.7 Å². The second kappa shape index (κ2) is 10.3. The third-order valence-electron chi connectivity index (χ3n) is 3.82. The topological polar surface area (TPSA) is 55.3 Å². The Kier molecular flexibility index (Phi) is 8.34. The molecule has 7 heteroatoms.